The average molecular weight is 1250 g/mol. The van der Waals surface area contributed by atoms with E-state index in [1.165, 1.54) is 77.7 Å². The van der Waals surface area contributed by atoms with Crippen molar-refractivity contribution < 1.29 is 76.1 Å². The lowest BCUT2D eigenvalue weighted by atomic mass is 9.99. The number of carbonyl (C=O) groups is 5. The molecule has 5 aliphatic heterocycles. The van der Waals surface area contributed by atoms with Crippen LogP contribution in [0, 0.1) is 11.3 Å². The van der Waals surface area contributed by atoms with Crippen LogP contribution in [0.25, 0.3) is 0 Å². The van der Waals surface area contributed by atoms with Crippen LogP contribution in [0.3, 0.4) is 0 Å². The fraction of sp³-hybridized carbons (Fsp3) is 0.923. The molecule has 5 rings (SSSR count). The van der Waals surface area contributed by atoms with Crippen molar-refractivity contribution in [3.05, 3.63) is 0 Å². The quantitative estimate of drug-likeness (QED) is 0.0631. The largest absolute Gasteiger partial charge is 0.508 e. The Balaban J connectivity index is 0.000000544. The van der Waals surface area contributed by atoms with Crippen molar-refractivity contribution in [2.75, 3.05) is 171 Å². The molecule has 0 amide bonds. The highest BCUT2D eigenvalue weighted by atomic mass is 16.8. The van der Waals surface area contributed by atoms with E-state index in [1.807, 2.05) is 104 Å². The van der Waals surface area contributed by atoms with Crippen molar-refractivity contribution in [2.45, 2.75) is 210 Å². The maximum Gasteiger partial charge on any atom is 0.508 e. The smallest absolute Gasteiger partial charge is 0.434 e. The molecular weight excluding hydrogens is 1120 g/mol. The summed E-state index contributed by atoms with van der Waals surface area (Å²) in [5.74, 6) is 0.459. The van der Waals surface area contributed by atoms with E-state index in [9.17, 15) is 24.0 Å². The first-order valence-corrected chi connectivity index (χ1v) is 32.8. The van der Waals surface area contributed by atoms with E-state index >= 15 is 0 Å². The molecule has 0 saturated carbocycles. The van der Waals surface area contributed by atoms with Gasteiger partial charge in [-0.2, -0.15) is 0 Å². The fourth-order valence-electron chi connectivity index (χ4n) is 9.23. The highest BCUT2D eigenvalue weighted by Crippen LogP contribution is 2.19. The molecule has 0 spiro atoms. The molecule has 512 valence electrons. The maximum atomic E-state index is 11.4. The van der Waals surface area contributed by atoms with Crippen molar-refractivity contribution in [3.63, 3.8) is 0 Å². The molecule has 0 bridgehead atoms. The minimum Gasteiger partial charge on any atom is -0.434 e. The van der Waals surface area contributed by atoms with Gasteiger partial charge in [0.25, 0.3) is 0 Å². The Morgan fingerprint density at radius 1 is 0.391 bits per heavy atom. The van der Waals surface area contributed by atoms with Crippen LogP contribution in [0.2, 0.25) is 0 Å². The lowest BCUT2D eigenvalue weighted by Gasteiger charge is -2.32. The second kappa shape index (κ2) is 44.5. The Kier molecular flexibility index (Phi) is 41.5. The number of hydrogen-bond acceptors (Lipinski definition) is 22. The maximum absolute atomic E-state index is 11.4. The van der Waals surface area contributed by atoms with Crippen LogP contribution in [-0.4, -0.2) is 254 Å². The number of piperazine rings is 1. The van der Waals surface area contributed by atoms with Crippen LogP contribution >= 0.6 is 0 Å². The van der Waals surface area contributed by atoms with Gasteiger partial charge in [-0.3, -0.25) is 4.90 Å². The van der Waals surface area contributed by atoms with Gasteiger partial charge in [-0.05, 0) is 199 Å². The zero-order valence-corrected chi connectivity index (χ0v) is 58.0. The number of likely N-dealkylation sites (N-methyl/N-ethyl adjacent to an activating group) is 1. The number of nitrogens with zero attached hydrogens (tertiary/aromatic N) is 6. The van der Waals surface area contributed by atoms with E-state index in [0.29, 0.717) is 45.6 Å². The first kappa shape index (κ1) is 81.1. The van der Waals surface area contributed by atoms with Gasteiger partial charge in [-0.25, -0.2) is 24.0 Å². The van der Waals surface area contributed by atoms with Gasteiger partial charge in [0.1, 0.15) is 22.4 Å². The lowest BCUT2D eigenvalue weighted by molar-refractivity contribution is -0.0112. The first-order chi connectivity index (χ1) is 40.7. The zero-order valence-electron chi connectivity index (χ0n) is 58.0. The second-order valence-electron chi connectivity index (χ2n) is 28.4. The Bertz CT molecular complexity index is 1690. The van der Waals surface area contributed by atoms with E-state index in [4.69, 9.17) is 52.1 Å². The van der Waals surface area contributed by atoms with Crippen LogP contribution in [0.1, 0.15) is 188 Å². The van der Waals surface area contributed by atoms with Crippen LogP contribution in [0.4, 0.5) is 24.0 Å². The Hall–Kier alpha value is -3.93. The van der Waals surface area contributed by atoms with Crippen LogP contribution in [-0.2, 0) is 52.1 Å². The molecule has 0 aromatic carbocycles. The molecule has 5 heterocycles. The number of morpholine rings is 1. The fourth-order valence-corrected chi connectivity index (χ4v) is 9.23. The summed E-state index contributed by atoms with van der Waals surface area (Å²) < 4.78 is 55.8. The van der Waals surface area contributed by atoms with E-state index < -0.39 is 53.2 Å². The summed E-state index contributed by atoms with van der Waals surface area (Å²) in [6.45, 7) is 52.8. The summed E-state index contributed by atoms with van der Waals surface area (Å²) in [5.41, 5.74) is -1.91. The van der Waals surface area contributed by atoms with Crippen LogP contribution < -0.4 is 0 Å². The molecule has 22 nitrogen and oxygen atoms in total. The number of rotatable bonds is 20. The van der Waals surface area contributed by atoms with Crippen molar-refractivity contribution in [1.29, 1.82) is 0 Å². The second-order valence-corrected chi connectivity index (χ2v) is 28.4. The number of carbonyl (C=O) groups excluding carboxylic acids is 5. The molecule has 0 aliphatic carbocycles. The molecule has 0 radical (unpaired) electrons. The van der Waals surface area contributed by atoms with E-state index in [2.05, 4.69) is 43.4 Å². The normalized spacial score (nSPS) is 18.8. The van der Waals surface area contributed by atoms with Crippen LogP contribution in [0.15, 0.2) is 0 Å². The lowest BCUT2D eigenvalue weighted by Crippen LogP contribution is -2.44. The van der Waals surface area contributed by atoms with E-state index in [-0.39, 0.29) is 5.41 Å². The van der Waals surface area contributed by atoms with E-state index in [0.717, 1.165) is 124 Å². The van der Waals surface area contributed by atoms with E-state index in [1.54, 1.807) is 0 Å². The third kappa shape index (κ3) is 51.5. The number of likely N-dealkylation sites (tertiary alicyclic amines) is 3. The monoisotopic (exact) mass is 1250 g/mol. The third-order valence-electron chi connectivity index (χ3n) is 13.6. The molecule has 5 saturated heterocycles. The molecule has 87 heavy (non-hydrogen) atoms. The van der Waals surface area contributed by atoms with Gasteiger partial charge in [0.2, 0.25) is 0 Å². The Labute approximate surface area is 527 Å². The highest BCUT2D eigenvalue weighted by molar-refractivity contribution is 5.61. The molecule has 0 N–H and O–H groups in total. The first-order valence-electron chi connectivity index (χ1n) is 32.8. The molecular formula is C65H126N6O16. The van der Waals surface area contributed by atoms with Gasteiger partial charge >= 0.3 is 30.8 Å². The standard InChI is InChI=1S/C14H27NO3.C13H26N2O3.2C13H25NO3.C12H23NO4/c1-5-15-8-6-7-12(9-15)10-17-13(16)18-11-14(2,3)4;1-13(2,3)18-12(16)17-11-5-6-15-9-7-14(4)8-10-15;2*1-13(2,3)17-12(15)16-11-7-10-14-8-5-4-6-9-14;1-12(2,3)17-11(14)16-8-4-5-13-6-9-15-10-7-13/h12H,5-11H2,1-4H3;5-11H2,1-4H3;2*4-11H2,1-3H3;4-10H2,1-3H3. The summed E-state index contributed by atoms with van der Waals surface area (Å²) in [4.78, 5) is 70.8. The van der Waals surface area contributed by atoms with Crippen molar-refractivity contribution >= 4 is 30.8 Å². The van der Waals surface area contributed by atoms with Crippen molar-refractivity contribution in [1.82, 2.24) is 29.4 Å². The molecule has 1 unspecified atom stereocenters. The molecule has 5 aliphatic rings. The van der Waals surface area contributed by atoms with Gasteiger partial charge in [0, 0.05) is 77.9 Å². The highest BCUT2D eigenvalue weighted by Gasteiger charge is 2.24. The SMILES string of the molecule is CC(C)(C)OC(=O)OCCCN1CCCCC1.CC(C)(C)OC(=O)OCCCN1CCCCC1.CC(C)(C)OC(=O)OCCCN1CCOCC1.CCN1CCCC(COC(=O)OCC(C)(C)C)C1.CN1CCN(CCCOC(=O)OC(C)(C)C)CC1. The van der Waals surface area contributed by atoms with Crippen molar-refractivity contribution in [3.8, 4) is 0 Å². The van der Waals surface area contributed by atoms with Gasteiger partial charge in [-0.15, -0.1) is 0 Å². The number of piperidine rings is 3. The van der Waals surface area contributed by atoms with Gasteiger partial charge in [0.05, 0.1) is 52.9 Å². The van der Waals surface area contributed by atoms with Gasteiger partial charge in [-0.1, -0.05) is 40.5 Å². The summed E-state index contributed by atoms with van der Waals surface area (Å²) in [5, 5.41) is 0. The van der Waals surface area contributed by atoms with Crippen LogP contribution in [0.5, 0.6) is 0 Å². The molecule has 22 heteroatoms. The minimum absolute atomic E-state index is 0.0110. The predicted molar refractivity (Wildman–Crippen MR) is 341 cm³/mol. The summed E-state index contributed by atoms with van der Waals surface area (Å²) in [7, 11) is 2.14. The zero-order chi connectivity index (χ0) is 65.4. The summed E-state index contributed by atoms with van der Waals surface area (Å²) in [6, 6.07) is 0. The molecule has 0 aromatic rings. The molecule has 0 aromatic heterocycles. The molecule has 1 atom stereocenters. The summed E-state index contributed by atoms with van der Waals surface area (Å²) in [6.07, 6.45) is 10.9. The number of ether oxygens (including phenoxy) is 11. The number of hydrogen-bond donors (Lipinski definition) is 0. The van der Waals surface area contributed by atoms with Gasteiger partial charge in [0.15, 0.2) is 0 Å². The third-order valence-corrected chi connectivity index (χ3v) is 13.6. The Morgan fingerprint density at radius 3 is 1.06 bits per heavy atom. The molecule has 5 fully saturated rings. The minimum atomic E-state index is -0.584. The Morgan fingerprint density at radius 2 is 0.724 bits per heavy atom. The van der Waals surface area contributed by atoms with Crippen molar-refractivity contribution in [2.24, 2.45) is 11.3 Å². The topological polar surface area (TPSA) is 206 Å². The predicted octanol–water partition coefficient (Wildman–Crippen LogP) is 11.8. The average Bonchev–Trinajstić information content (AvgIpc) is 3.62. The summed E-state index contributed by atoms with van der Waals surface area (Å²) >= 11 is 0. The van der Waals surface area contributed by atoms with Gasteiger partial charge < -0.3 is 76.6 Å².